The fraction of sp³-hybridized carbons (Fsp3) is 0.304. The van der Waals surface area contributed by atoms with Crippen molar-refractivity contribution in [2.45, 2.75) is 38.5 Å². The normalized spacial score (nSPS) is 18.1. The highest BCUT2D eigenvalue weighted by Gasteiger charge is 2.43. The van der Waals surface area contributed by atoms with Crippen LogP contribution in [0, 0.1) is 17.6 Å². The molecule has 1 N–H and O–H groups in total. The maximum Gasteiger partial charge on any atom is 0.259 e. The fourth-order valence-corrected chi connectivity index (χ4v) is 4.56. The first-order valence-electron chi connectivity index (χ1n) is 10.3. The second-order valence-corrected chi connectivity index (χ2v) is 9.02. The Hall–Kier alpha value is -3.07. The third-order valence-corrected chi connectivity index (χ3v) is 6.54. The predicted octanol–water partition coefficient (Wildman–Crippen LogP) is 4.73. The molecule has 2 aromatic rings. The van der Waals surface area contributed by atoms with E-state index in [-0.39, 0.29) is 17.5 Å². The van der Waals surface area contributed by atoms with Crippen molar-refractivity contribution in [3.05, 3.63) is 59.7 Å². The summed E-state index contributed by atoms with van der Waals surface area (Å²) in [6.45, 7) is 5.65. The van der Waals surface area contributed by atoms with E-state index >= 15 is 0 Å². The lowest BCUT2D eigenvalue weighted by molar-refractivity contribution is -0.125. The number of amidine groups is 2. The number of aliphatic imine (C=N–C) groups is 2. The van der Waals surface area contributed by atoms with Crippen molar-refractivity contribution in [3.8, 4) is 0 Å². The van der Waals surface area contributed by atoms with E-state index in [0.29, 0.717) is 23.1 Å². The first kappa shape index (κ1) is 22.1. The SMILES string of the molecule is CC[C@H](SC1=Nc2ccccc2C2=N[C@@H](C(C)C)C(=O)N12)C(=O)Nc1cc(F)ccc1F. The van der Waals surface area contributed by atoms with E-state index in [9.17, 15) is 18.4 Å². The van der Waals surface area contributed by atoms with Gasteiger partial charge in [-0.05, 0) is 36.6 Å². The number of thioether (sulfide) groups is 1. The van der Waals surface area contributed by atoms with E-state index in [2.05, 4.69) is 15.3 Å². The van der Waals surface area contributed by atoms with Gasteiger partial charge in [-0.25, -0.2) is 18.7 Å². The number of anilines is 1. The van der Waals surface area contributed by atoms with Crippen LogP contribution in [0.25, 0.3) is 0 Å². The Bertz CT molecular complexity index is 1150. The van der Waals surface area contributed by atoms with Gasteiger partial charge in [0, 0.05) is 11.6 Å². The monoisotopic (exact) mass is 456 g/mol. The summed E-state index contributed by atoms with van der Waals surface area (Å²) in [7, 11) is 0. The Morgan fingerprint density at radius 3 is 2.69 bits per heavy atom. The molecule has 0 saturated carbocycles. The summed E-state index contributed by atoms with van der Waals surface area (Å²) in [6, 6.07) is 9.73. The Labute approximate surface area is 188 Å². The molecule has 166 valence electrons. The van der Waals surface area contributed by atoms with Gasteiger partial charge in [0.15, 0.2) is 5.17 Å². The number of nitrogens with one attached hydrogen (secondary N) is 1. The van der Waals surface area contributed by atoms with Gasteiger partial charge in [0.25, 0.3) is 5.91 Å². The highest BCUT2D eigenvalue weighted by Crippen LogP contribution is 2.36. The van der Waals surface area contributed by atoms with Crippen molar-refractivity contribution in [2.24, 2.45) is 15.9 Å². The largest absolute Gasteiger partial charge is 0.323 e. The molecule has 2 atom stereocenters. The highest BCUT2D eigenvalue weighted by atomic mass is 32.2. The average molecular weight is 457 g/mol. The fourth-order valence-electron chi connectivity index (χ4n) is 3.54. The van der Waals surface area contributed by atoms with Gasteiger partial charge in [-0.1, -0.05) is 44.7 Å². The van der Waals surface area contributed by atoms with Crippen molar-refractivity contribution in [1.29, 1.82) is 0 Å². The molecule has 0 radical (unpaired) electrons. The maximum absolute atomic E-state index is 14.0. The van der Waals surface area contributed by atoms with Gasteiger partial charge >= 0.3 is 0 Å². The number of halogens is 2. The van der Waals surface area contributed by atoms with Crippen LogP contribution >= 0.6 is 11.8 Å². The lowest BCUT2D eigenvalue weighted by Crippen LogP contribution is -2.43. The molecule has 6 nitrogen and oxygen atoms in total. The third-order valence-electron chi connectivity index (χ3n) is 5.23. The molecule has 2 heterocycles. The van der Waals surface area contributed by atoms with Gasteiger partial charge in [-0.3, -0.25) is 14.6 Å². The standard InChI is InChI=1S/C23H22F2N4O2S/c1-4-18(21(30)26-17-11-13(24)9-10-15(17)25)32-23-27-16-8-6-5-7-14(16)20-28-19(12(2)3)22(31)29(20)23/h5-12,18-19H,4H2,1-3H3,(H,26,30)/t18-,19-/m0/s1. The second kappa shape index (κ2) is 8.82. The number of carbonyl (C=O) groups is 2. The van der Waals surface area contributed by atoms with Crippen LogP contribution in [-0.2, 0) is 9.59 Å². The number of para-hydroxylation sites is 1. The summed E-state index contributed by atoms with van der Waals surface area (Å²) in [6.07, 6.45) is 0.385. The predicted molar refractivity (Wildman–Crippen MR) is 122 cm³/mol. The summed E-state index contributed by atoms with van der Waals surface area (Å²) in [4.78, 5) is 36.8. The number of hydrogen-bond acceptors (Lipinski definition) is 5. The van der Waals surface area contributed by atoms with E-state index in [0.717, 1.165) is 35.5 Å². The number of carbonyl (C=O) groups excluding carboxylic acids is 2. The number of fused-ring (bicyclic) bond motifs is 3. The Morgan fingerprint density at radius 1 is 1.22 bits per heavy atom. The summed E-state index contributed by atoms with van der Waals surface area (Å²) in [5.41, 5.74) is 1.19. The minimum atomic E-state index is -0.729. The number of hydrogen-bond donors (Lipinski definition) is 1. The van der Waals surface area contributed by atoms with Crippen LogP contribution in [0.3, 0.4) is 0 Å². The van der Waals surface area contributed by atoms with Crippen LogP contribution < -0.4 is 5.32 Å². The summed E-state index contributed by atoms with van der Waals surface area (Å²) in [5, 5.41) is 2.10. The Kier molecular flexibility index (Phi) is 6.10. The van der Waals surface area contributed by atoms with Gasteiger partial charge in [-0.15, -0.1) is 0 Å². The Morgan fingerprint density at radius 2 is 1.97 bits per heavy atom. The first-order valence-corrected chi connectivity index (χ1v) is 11.2. The van der Waals surface area contributed by atoms with Crippen molar-refractivity contribution in [1.82, 2.24) is 4.90 Å². The smallest absolute Gasteiger partial charge is 0.259 e. The number of amides is 2. The lowest BCUT2D eigenvalue weighted by atomic mass is 10.1. The molecule has 2 amide bonds. The molecule has 2 aliphatic rings. The van der Waals surface area contributed by atoms with E-state index in [4.69, 9.17) is 0 Å². The molecule has 0 saturated heterocycles. The van der Waals surface area contributed by atoms with Crippen LogP contribution in [0.4, 0.5) is 20.2 Å². The molecule has 0 unspecified atom stereocenters. The van der Waals surface area contributed by atoms with E-state index in [1.165, 1.54) is 4.90 Å². The molecule has 0 bridgehead atoms. The van der Waals surface area contributed by atoms with Gasteiger partial charge in [0.1, 0.15) is 23.5 Å². The summed E-state index contributed by atoms with van der Waals surface area (Å²) < 4.78 is 27.5. The first-order chi connectivity index (χ1) is 15.3. The van der Waals surface area contributed by atoms with Crippen molar-refractivity contribution < 1.29 is 18.4 Å². The van der Waals surface area contributed by atoms with Crippen LogP contribution in [0.5, 0.6) is 0 Å². The number of rotatable bonds is 5. The van der Waals surface area contributed by atoms with Crippen molar-refractivity contribution >= 4 is 46.0 Å². The topological polar surface area (TPSA) is 74.1 Å². The minimum absolute atomic E-state index is 0.000218. The van der Waals surface area contributed by atoms with Gasteiger partial charge in [-0.2, -0.15) is 0 Å². The zero-order chi connectivity index (χ0) is 23.0. The average Bonchev–Trinajstić information content (AvgIpc) is 3.12. The number of nitrogens with zero attached hydrogens (tertiary/aromatic N) is 3. The number of benzene rings is 2. The zero-order valence-electron chi connectivity index (χ0n) is 17.8. The highest BCUT2D eigenvalue weighted by molar-refractivity contribution is 8.15. The zero-order valence-corrected chi connectivity index (χ0v) is 18.6. The second-order valence-electron chi connectivity index (χ2n) is 7.85. The van der Waals surface area contributed by atoms with Crippen LogP contribution in [0.2, 0.25) is 0 Å². The molecule has 9 heteroatoms. The van der Waals surface area contributed by atoms with Crippen LogP contribution in [0.1, 0.15) is 32.8 Å². The molecule has 2 aliphatic heterocycles. The van der Waals surface area contributed by atoms with Gasteiger partial charge in [0.05, 0.1) is 16.6 Å². The van der Waals surface area contributed by atoms with Gasteiger partial charge < -0.3 is 5.32 Å². The van der Waals surface area contributed by atoms with Crippen LogP contribution in [-0.4, -0.2) is 39.0 Å². The molecule has 0 fully saturated rings. The molecule has 4 rings (SSSR count). The maximum atomic E-state index is 14.0. The Balaban J connectivity index is 1.64. The molecule has 0 aliphatic carbocycles. The van der Waals surface area contributed by atoms with E-state index in [1.807, 2.05) is 38.1 Å². The summed E-state index contributed by atoms with van der Waals surface area (Å²) in [5.74, 6) is -1.56. The van der Waals surface area contributed by atoms with E-state index in [1.54, 1.807) is 6.92 Å². The third kappa shape index (κ3) is 4.04. The van der Waals surface area contributed by atoms with Crippen molar-refractivity contribution in [2.75, 3.05) is 5.32 Å². The molecular weight excluding hydrogens is 434 g/mol. The minimum Gasteiger partial charge on any atom is -0.323 e. The molecular formula is C23H22F2N4O2S. The van der Waals surface area contributed by atoms with Crippen molar-refractivity contribution in [3.63, 3.8) is 0 Å². The van der Waals surface area contributed by atoms with Crippen LogP contribution in [0.15, 0.2) is 52.4 Å². The lowest BCUT2D eigenvalue weighted by Gasteiger charge is -2.27. The van der Waals surface area contributed by atoms with E-state index < -0.39 is 28.8 Å². The molecule has 2 aromatic carbocycles. The molecule has 0 aromatic heterocycles. The molecule has 32 heavy (non-hydrogen) atoms. The quantitative estimate of drug-likeness (QED) is 0.707. The molecule has 0 spiro atoms. The van der Waals surface area contributed by atoms with Gasteiger partial charge in [0.2, 0.25) is 5.91 Å². The summed E-state index contributed by atoms with van der Waals surface area (Å²) >= 11 is 1.11.